The van der Waals surface area contributed by atoms with E-state index in [1.807, 2.05) is 4.90 Å². The fraction of sp³-hybridized carbons (Fsp3) is 0.647. The van der Waals surface area contributed by atoms with E-state index in [0.717, 1.165) is 12.8 Å². The van der Waals surface area contributed by atoms with Gasteiger partial charge in [-0.15, -0.1) is 0 Å². The summed E-state index contributed by atoms with van der Waals surface area (Å²) in [6.07, 6.45) is 8.67. The zero-order valence-corrected chi connectivity index (χ0v) is 13.8. The lowest BCUT2D eigenvalue weighted by molar-refractivity contribution is -0.384. The Hall–Kier alpha value is -2.18. The minimum absolute atomic E-state index is 0.0428. The predicted octanol–water partition coefficient (Wildman–Crippen LogP) is 2.66. The van der Waals surface area contributed by atoms with Crippen LogP contribution in [0.4, 0.5) is 11.5 Å². The molecular weight excluding hydrogens is 308 g/mol. The van der Waals surface area contributed by atoms with E-state index in [9.17, 15) is 14.9 Å². The lowest BCUT2D eigenvalue weighted by Gasteiger charge is -2.33. The van der Waals surface area contributed by atoms with Crippen LogP contribution in [0.2, 0.25) is 0 Å². The van der Waals surface area contributed by atoms with Crippen molar-refractivity contribution in [2.24, 2.45) is 5.92 Å². The maximum atomic E-state index is 12.1. The monoisotopic (exact) mass is 332 g/mol. The summed E-state index contributed by atoms with van der Waals surface area (Å²) in [5.41, 5.74) is 0.0428. The van der Waals surface area contributed by atoms with E-state index < -0.39 is 4.92 Å². The molecule has 2 aliphatic rings. The summed E-state index contributed by atoms with van der Waals surface area (Å²) < 4.78 is 0. The number of amides is 1. The molecule has 0 unspecified atom stereocenters. The van der Waals surface area contributed by atoms with Crippen LogP contribution in [-0.2, 0) is 4.79 Å². The van der Waals surface area contributed by atoms with Crippen molar-refractivity contribution in [1.29, 1.82) is 0 Å². The largest absolute Gasteiger partial charge is 0.353 e. The molecule has 130 valence electrons. The van der Waals surface area contributed by atoms with Crippen LogP contribution in [0.25, 0.3) is 0 Å². The fourth-order valence-corrected chi connectivity index (χ4v) is 3.77. The number of nitrogens with zero attached hydrogens (tertiary/aromatic N) is 3. The third-order valence-electron chi connectivity index (χ3n) is 5.07. The fourth-order valence-electron chi connectivity index (χ4n) is 3.77. The van der Waals surface area contributed by atoms with Gasteiger partial charge in [-0.1, -0.05) is 12.8 Å². The second kappa shape index (κ2) is 7.59. The van der Waals surface area contributed by atoms with E-state index in [1.54, 1.807) is 12.3 Å². The van der Waals surface area contributed by atoms with Gasteiger partial charge in [0.1, 0.15) is 0 Å². The molecule has 1 saturated carbocycles. The quantitative estimate of drug-likeness (QED) is 0.661. The third-order valence-corrected chi connectivity index (χ3v) is 5.07. The number of hydrogen-bond acceptors (Lipinski definition) is 5. The first kappa shape index (κ1) is 16.7. The molecule has 1 aromatic rings. The Labute approximate surface area is 141 Å². The second-order valence-corrected chi connectivity index (χ2v) is 6.79. The molecule has 2 fully saturated rings. The minimum Gasteiger partial charge on any atom is -0.353 e. The Kier molecular flexibility index (Phi) is 5.27. The Morgan fingerprint density at radius 2 is 2.00 bits per heavy atom. The molecule has 1 aromatic heterocycles. The Bertz CT molecular complexity index is 593. The Balaban J connectivity index is 1.50. The number of carbonyl (C=O) groups is 1. The van der Waals surface area contributed by atoms with Crippen molar-refractivity contribution in [2.75, 3.05) is 18.0 Å². The van der Waals surface area contributed by atoms with Crippen molar-refractivity contribution < 1.29 is 9.72 Å². The smallest absolute Gasteiger partial charge is 0.311 e. The predicted molar refractivity (Wildman–Crippen MR) is 90.8 cm³/mol. The maximum absolute atomic E-state index is 12.1. The molecule has 1 N–H and O–H groups in total. The lowest BCUT2D eigenvalue weighted by atomic mass is 10.0. The normalized spacial score (nSPS) is 19.4. The van der Waals surface area contributed by atoms with Gasteiger partial charge in [-0.25, -0.2) is 4.98 Å². The molecule has 2 heterocycles. The van der Waals surface area contributed by atoms with E-state index in [-0.39, 0.29) is 17.6 Å². The van der Waals surface area contributed by atoms with Gasteiger partial charge in [-0.2, -0.15) is 0 Å². The van der Waals surface area contributed by atoms with Gasteiger partial charge < -0.3 is 10.2 Å². The Morgan fingerprint density at radius 1 is 1.29 bits per heavy atom. The molecular formula is C17H24N4O3. The van der Waals surface area contributed by atoms with E-state index in [0.29, 0.717) is 31.2 Å². The highest BCUT2D eigenvalue weighted by Crippen LogP contribution is 2.29. The van der Waals surface area contributed by atoms with Crippen LogP contribution in [0.15, 0.2) is 18.3 Å². The number of hydrogen-bond donors (Lipinski definition) is 1. The summed E-state index contributed by atoms with van der Waals surface area (Å²) in [7, 11) is 0. The molecule has 3 rings (SSSR count). The van der Waals surface area contributed by atoms with Crippen LogP contribution >= 0.6 is 0 Å². The first-order valence-electron chi connectivity index (χ1n) is 8.77. The first-order valence-corrected chi connectivity index (χ1v) is 8.77. The van der Waals surface area contributed by atoms with Crippen molar-refractivity contribution in [3.8, 4) is 0 Å². The van der Waals surface area contributed by atoms with E-state index >= 15 is 0 Å². The molecule has 0 aromatic carbocycles. The van der Waals surface area contributed by atoms with Crippen LogP contribution in [0.1, 0.15) is 44.9 Å². The zero-order valence-electron chi connectivity index (χ0n) is 13.8. The van der Waals surface area contributed by atoms with Gasteiger partial charge in [0.2, 0.25) is 11.7 Å². The van der Waals surface area contributed by atoms with E-state index in [2.05, 4.69) is 10.3 Å². The zero-order chi connectivity index (χ0) is 16.9. The van der Waals surface area contributed by atoms with Crippen LogP contribution in [0.3, 0.4) is 0 Å². The number of nitro groups is 1. The summed E-state index contributed by atoms with van der Waals surface area (Å²) in [6, 6.07) is 3.23. The number of pyridine rings is 1. The number of aromatic nitrogens is 1. The Morgan fingerprint density at radius 3 is 2.67 bits per heavy atom. The molecule has 1 amide bonds. The highest BCUT2D eigenvalue weighted by molar-refractivity contribution is 5.76. The number of rotatable bonds is 5. The average molecular weight is 332 g/mol. The number of nitrogens with one attached hydrogen (secondary N) is 1. The highest BCUT2D eigenvalue weighted by Gasteiger charge is 2.27. The van der Waals surface area contributed by atoms with Gasteiger partial charge in [0, 0.05) is 37.8 Å². The molecule has 1 aliphatic carbocycles. The van der Waals surface area contributed by atoms with Crippen LogP contribution < -0.4 is 10.2 Å². The maximum Gasteiger partial charge on any atom is 0.311 e. The van der Waals surface area contributed by atoms with Crippen molar-refractivity contribution in [3.63, 3.8) is 0 Å². The topological polar surface area (TPSA) is 88.4 Å². The first-order chi connectivity index (χ1) is 11.6. The summed E-state index contributed by atoms with van der Waals surface area (Å²) in [5, 5.41) is 14.3. The number of carbonyl (C=O) groups excluding carboxylic acids is 1. The van der Waals surface area contributed by atoms with Gasteiger partial charge in [0.25, 0.3) is 0 Å². The number of piperidine rings is 1. The van der Waals surface area contributed by atoms with E-state index in [4.69, 9.17) is 0 Å². The molecule has 7 heteroatoms. The van der Waals surface area contributed by atoms with Crippen molar-refractivity contribution in [3.05, 3.63) is 28.4 Å². The van der Waals surface area contributed by atoms with Gasteiger partial charge in [0.15, 0.2) is 0 Å². The van der Waals surface area contributed by atoms with Gasteiger partial charge in [-0.05, 0) is 37.7 Å². The van der Waals surface area contributed by atoms with Crippen molar-refractivity contribution >= 4 is 17.4 Å². The van der Waals surface area contributed by atoms with Crippen LogP contribution in [-0.4, -0.2) is 34.9 Å². The molecule has 1 aliphatic heterocycles. The molecule has 0 radical (unpaired) electrons. The van der Waals surface area contributed by atoms with Gasteiger partial charge in [0.05, 0.1) is 4.92 Å². The molecule has 0 spiro atoms. The molecule has 24 heavy (non-hydrogen) atoms. The average Bonchev–Trinajstić information content (AvgIpc) is 3.08. The summed E-state index contributed by atoms with van der Waals surface area (Å²) >= 11 is 0. The molecule has 1 saturated heterocycles. The summed E-state index contributed by atoms with van der Waals surface area (Å²) in [5.74, 6) is 1.14. The highest BCUT2D eigenvalue weighted by atomic mass is 16.6. The van der Waals surface area contributed by atoms with Crippen LogP contribution in [0.5, 0.6) is 0 Å². The molecule has 7 nitrogen and oxygen atoms in total. The molecule has 0 bridgehead atoms. The van der Waals surface area contributed by atoms with Gasteiger partial charge in [-0.3, -0.25) is 14.9 Å². The lowest BCUT2D eigenvalue weighted by Crippen LogP contribution is -2.45. The van der Waals surface area contributed by atoms with Gasteiger partial charge >= 0.3 is 5.69 Å². The van der Waals surface area contributed by atoms with Crippen molar-refractivity contribution in [2.45, 2.75) is 51.0 Å². The standard InChI is InChI=1S/C17H24N4O3/c22-16(12-13-4-1-2-5-13)19-14-7-10-20(11-8-14)17-15(21(23)24)6-3-9-18-17/h3,6,9,13-14H,1-2,4-5,7-8,10-12H2,(H,19,22). The molecule has 0 atom stereocenters. The van der Waals surface area contributed by atoms with E-state index in [1.165, 1.54) is 31.7 Å². The summed E-state index contributed by atoms with van der Waals surface area (Å²) in [6.45, 7) is 1.35. The second-order valence-electron chi connectivity index (χ2n) is 6.79. The number of anilines is 1. The SMILES string of the molecule is O=C(CC1CCCC1)NC1CCN(c2ncccc2[N+](=O)[O-])CC1. The van der Waals surface area contributed by atoms with Crippen molar-refractivity contribution in [1.82, 2.24) is 10.3 Å². The van der Waals surface area contributed by atoms with Crippen LogP contribution in [0, 0.1) is 16.0 Å². The minimum atomic E-state index is -0.391. The third kappa shape index (κ3) is 4.01. The summed E-state index contributed by atoms with van der Waals surface area (Å²) in [4.78, 5) is 29.0.